The predicted molar refractivity (Wildman–Crippen MR) is 73.4 cm³/mol. The van der Waals surface area contributed by atoms with E-state index in [1.54, 1.807) is 19.1 Å². The fourth-order valence-electron chi connectivity index (χ4n) is 1.86. The van der Waals surface area contributed by atoms with Gasteiger partial charge in [0.25, 0.3) is 0 Å². The third kappa shape index (κ3) is 4.57. The maximum atomic E-state index is 10.9. The number of hydrogen-bond donors (Lipinski definition) is 1. The van der Waals surface area contributed by atoms with Gasteiger partial charge in [0, 0.05) is 19.6 Å². The topological polar surface area (TPSA) is 64.3 Å². The average molecular weight is 258 g/mol. The van der Waals surface area contributed by atoms with Crippen molar-refractivity contribution >= 4 is 5.97 Å². The molecule has 0 amide bonds. The van der Waals surface area contributed by atoms with Gasteiger partial charge in [0.05, 0.1) is 17.6 Å². The number of nitrogens with zero attached hydrogens (tertiary/aromatic N) is 2. The number of benzene rings is 1. The van der Waals surface area contributed by atoms with Crippen LogP contribution in [0.5, 0.6) is 0 Å². The molecule has 0 spiro atoms. The minimum Gasteiger partial charge on any atom is -0.481 e. The van der Waals surface area contributed by atoms with E-state index in [4.69, 9.17) is 10.4 Å². The molecule has 0 aliphatic carbocycles. The first kappa shape index (κ1) is 14.9. The van der Waals surface area contributed by atoms with Gasteiger partial charge in [-0.2, -0.15) is 5.26 Å². The second-order valence-electron chi connectivity index (χ2n) is 4.49. The third-order valence-electron chi connectivity index (χ3n) is 2.87. The Hall–Kier alpha value is -2.12. The van der Waals surface area contributed by atoms with Gasteiger partial charge < -0.3 is 5.11 Å². The second kappa shape index (κ2) is 7.34. The lowest BCUT2D eigenvalue weighted by atomic mass is 10.1. The summed E-state index contributed by atoms with van der Waals surface area (Å²) in [5.41, 5.74) is 1.53. The monoisotopic (exact) mass is 258 g/mol. The fourth-order valence-corrected chi connectivity index (χ4v) is 1.86. The lowest BCUT2D eigenvalue weighted by Crippen LogP contribution is -2.31. The van der Waals surface area contributed by atoms with Crippen LogP contribution >= 0.6 is 0 Å². The van der Waals surface area contributed by atoms with Gasteiger partial charge in [0.1, 0.15) is 0 Å². The Morgan fingerprint density at radius 3 is 2.84 bits per heavy atom. The first-order chi connectivity index (χ1) is 9.08. The van der Waals surface area contributed by atoms with E-state index in [0.717, 1.165) is 5.56 Å². The summed E-state index contributed by atoms with van der Waals surface area (Å²) < 4.78 is 0. The minimum absolute atomic E-state index is 0.432. The maximum Gasteiger partial charge on any atom is 0.307 e. The number of aliphatic carboxylic acids is 1. The molecule has 0 aliphatic rings. The van der Waals surface area contributed by atoms with E-state index < -0.39 is 11.9 Å². The van der Waals surface area contributed by atoms with E-state index in [-0.39, 0.29) is 0 Å². The third-order valence-corrected chi connectivity index (χ3v) is 2.87. The molecule has 100 valence electrons. The van der Waals surface area contributed by atoms with Crippen LogP contribution in [0.25, 0.3) is 0 Å². The zero-order valence-corrected chi connectivity index (χ0v) is 11.0. The lowest BCUT2D eigenvalue weighted by Gasteiger charge is -2.23. The van der Waals surface area contributed by atoms with Crippen molar-refractivity contribution in [3.8, 4) is 6.07 Å². The van der Waals surface area contributed by atoms with Crippen LogP contribution in [0.4, 0.5) is 0 Å². The van der Waals surface area contributed by atoms with Gasteiger partial charge in [-0.3, -0.25) is 9.69 Å². The molecule has 0 saturated carbocycles. The zero-order valence-electron chi connectivity index (χ0n) is 11.0. The molecule has 0 heterocycles. The summed E-state index contributed by atoms with van der Waals surface area (Å²) in [6.45, 7) is 6.93. The number of hydrogen-bond acceptors (Lipinski definition) is 3. The summed E-state index contributed by atoms with van der Waals surface area (Å²) in [5, 5.41) is 18.0. The maximum absolute atomic E-state index is 10.9. The molecule has 0 radical (unpaired) electrons. The highest BCUT2D eigenvalue weighted by Gasteiger charge is 2.16. The SMILES string of the molecule is C=CCN(Cc1ccccc1C#N)CC(C)C(=O)O. The second-order valence-corrected chi connectivity index (χ2v) is 4.49. The van der Waals surface area contributed by atoms with Crippen molar-refractivity contribution in [2.24, 2.45) is 5.92 Å². The van der Waals surface area contributed by atoms with Crippen molar-refractivity contribution in [3.63, 3.8) is 0 Å². The molecule has 1 aromatic carbocycles. The Bertz CT molecular complexity index is 491. The Balaban J connectivity index is 2.81. The first-order valence-corrected chi connectivity index (χ1v) is 6.12. The Kier molecular flexibility index (Phi) is 5.77. The minimum atomic E-state index is -0.817. The molecule has 1 aromatic rings. The zero-order chi connectivity index (χ0) is 14.3. The predicted octanol–water partition coefficient (Wildman–Crippen LogP) is 2.27. The Morgan fingerprint density at radius 2 is 2.26 bits per heavy atom. The summed E-state index contributed by atoms with van der Waals surface area (Å²) in [5.74, 6) is -1.27. The summed E-state index contributed by atoms with van der Waals surface area (Å²) in [6, 6.07) is 9.50. The molecule has 0 aliphatic heterocycles. The van der Waals surface area contributed by atoms with Gasteiger partial charge >= 0.3 is 5.97 Å². The normalized spacial score (nSPS) is 11.8. The highest BCUT2D eigenvalue weighted by Crippen LogP contribution is 2.12. The lowest BCUT2D eigenvalue weighted by molar-refractivity contribution is -0.141. The van der Waals surface area contributed by atoms with Gasteiger partial charge in [-0.05, 0) is 11.6 Å². The fraction of sp³-hybridized carbons (Fsp3) is 0.333. The summed E-state index contributed by atoms with van der Waals surface area (Å²) >= 11 is 0. The van der Waals surface area contributed by atoms with E-state index >= 15 is 0 Å². The van der Waals surface area contributed by atoms with E-state index in [2.05, 4.69) is 12.6 Å². The highest BCUT2D eigenvalue weighted by molar-refractivity contribution is 5.69. The Morgan fingerprint density at radius 1 is 1.58 bits per heavy atom. The van der Waals surface area contributed by atoms with Crippen molar-refractivity contribution in [3.05, 3.63) is 48.0 Å². The van der Waals surface area contributed by atoms with Gasteiger partial charge in [0.15, 0.2) is 0 Å². The van der Waals surface area contributed by atoms with E-state index in [1.807, 2.05) is 23.1 Å². The molecule has 0 saturated heterocycles. The van der Waals surface area contributed by atoms with Crippen LogP contribution < -0.4 is 0 Å². The van der Waals surface area contributed by atoms with Crippen molar-refractivity contribution in [2.75, 3.05) is 13.1 Å². The molecule has 1 rings (SSSR count). The largest absolute Gasteiger partial charge is 0.481 e. The number of carboxylic acid groups (broad SMARTS) is 1. The van der Waals surface area contributed by atoms with Crippen molar-refractivity contribution in [1.82, 2.24) is 4.90 Å². The van der Waals surface area contributed by atoms with E-state index in [1.165, 1.54) is 0 Å². The number of carboxylic acids is 1. The van der Waals surface area contributed by atoms with Gasteiger partial charge in [0.2, 0.25) is 0 Å². The molecule has 1 N–H and O–H groups in total. The van der Waals surface area contributed by atoms with Crippen LogP contribution in [-0.4, -0.2) is 29.1 Å². The van der Waals surface area contributed by atoms with Crippen LogP contribution in [0, 0.1) is 17.2 Å². The van der Waals surface area contributed by atoms with E-state index in [9.17, 15) is 4.79 Å². The molecule has 0 aromatic heterocycles. The van der Waals surface area contributed by atoms with E-state index in [0.29, 0.717) is 25.2 Å². The summed E-state index contributed by atoms with van der Waals surface area (Å²) in [4.78, 5) is 12.9. The molecule has 4 heteroatoms. The molecule has 1 atom stereocenters. The number of nitriles is 1. The molecule has 19 heavy (non-hydrogen) atoms. The quantitative estimate of drug-likeness (QED) is 0.762. The highest BCUT2D eigenvalue weighted by atomic mass is 16.4. The van der Waals surface area contributed by atoms with Gasteiger partial charge in [-0.15, -0.1) is 6.58 Å². The average Bonchev–Trinajstić information content (AvgIpc) is 2.39. The molecule has 4 nitrogen and oxygen atoms in total. The van der Waals surface area contributed by atoms with Crippen molar-refractivity contribution in [1.29, 1.82) is 5.26 Å². The first-order valence-electron chi connectivity index (χ1n) is 6.12. The molecule has 0 fully saturated rings. The standard InChI is InChI=1S/C15H18N2O2/c1-3-8-17(10-12(2)15(18)19)11-14-7-5-4-6-13(14)9-16/h3-7,12H,1,8,10-11H2,2H3,(H,18,19). The van der Waals surface area contributed by atoms with Crippen LogP contribution in [-0.2, 0) is 11.3 Å². The van der Waals surface area contributed by atoms with Crippen LogP contribution in [0.2, 0.25) is 0 Å². The molecule has 0 bridgehead atoms. The van der Waals surface area contributed by atoms with Crippen molar-refractivity contribution < 1.29 is 9.90 Å². The number of rotatable bonds is 7. The smallest absolute Gasteiger partial charge is 0.307 e. The molecule has 1 unspecified atom stereocenters. The van der Waals surface area contributed by atoms with Gasteiger partial charge in [-0.1, -0.05) is 31.2 Å². The van der Waals surface area contributed by atoms with Crippen LogP contribution in [0.15, 0.2) is 36.9 Å². The number of carbonyl (C=O) groups is 1. The van der Waals surface area contributed by atoms with Crippen LogP contribution in [0.3, 0.4) is 0 Å². The Labute approximate surface area is 113 Å². The molecular formula is C15H18N2O2. The van der Waals surface area contributed by atoms with Gasteiger partial charge in [-0.25, -0.2) is 0 Å². The van der Waals surface area contributed by atoms with Crippen molar-refractivity contribution in [2.45, 2.75) is 13.5 Å². The summed E-state index contributed by atoms with van der Waals surface area (Å²) in [7, 11) is 0. The van der Waals surface area contributed by atoms with Crippen LogP contribution in [0.1, 0.15) is 18.1 Å². The molecular weight excluding hydrogens is 240 g/mol. The summed E-state index contributed by atoms with van der Waals surface area (Å²) in [6.07, 6.45) is 1.74.